The van der Waals surface area contributed by atoms with Crippen LogP contribution in [0.5, 0.6) is 11.5 Å². The number of sulfonamides is 2. The normalized spacial score (nSPS) is 16.0. The van der Waals surface area contributed by atoms with Gasteiger partial charge in [0.05, 0.1) is 35.1 Å². The third-order valence-corrected chi connectivity index (χ3v) is 22.3. The van der Waals surface area contributed by atoms with Gasteiger partial charge in [0, 0.05) is 110 Å². The molecule has 31 nitrogen and oxygen atoms in total. The Bertz CT molecular complexity index is 4260. The highest BCUT2D eigenvalue weighted by atomic mass is 32.3. The van der Waals surface area contributed by atoms with Crippen molar-refractivity contribution in [1.29, 1.82) is 0 Å². The van der Waals surface area contributed by atoms with Crippen LogP contribution < -0.4 is 36.0 Å². The number of benzene rings is 2. The van der Waals surface area contributed by atoms with E-state index in [1.165, 1.54) is 29.6 Å². The Morgan fingerprint density at radius 2 is 1.25 bits per heavy atom. The van der Waals surface area contributed by atoms with E-state index in [4.69, 9.17) is 24.4 Å². The number of anilines is 2. The maximum Gasteiger partial charge on any atom is 0.347 e. The zero-order chi connectivity index (χ0) is 76.4. The molecule has 3 aromatic heterocycles. The molecule has 103 heavy (non-hydrogen) atoms. The highest BCUT2D eigenvalue weighted by molar-refractivity contribution is 7.94. The number of phenolic OH excluding ortho intramolecular Hbond substituents is 1. The second-order valence-electron chi connectivity index (χ2n) is 24.2. The number of thiophene rings is 1. The molecule has 0 radical (unpaired) electrons. The number of fused-ring (bicyclic) bond motifs is 3. The molecule has 0 saturated carbocycles. The number of aromatic hydroxyl groups is 1. The van der Waals surface area contributed by atoms with E-state index in [0.29, 0.717) is 106 Å². The number of aryl methyl sites for hydroxylation is 2. The Morgan fingerprint density at radius 3 is 1.75 bits per heavy atom. The molecule has 8 rings (SSSR count). The number of hydrogen-bond donors (Lipinski definition) is 11. The van der Waals surface area contributed by atoms with Crippen LogP contribution in [0.25, 0.3) is 23.3 Å². The maximum absolute atomic E-state index is 13.2. The van der Waals surface area contributed by atoms with Gasteiger partial charge in [-0.15, -0.1) is 11.3 Å². The summed E-state index contributed by atoms with van der Waals surface area (Å²) >= 11 is 0.511. The molecule has 6 heterocycles. The molecule has 0 spiro atoms. The molecule has 34 heteroatoms. The predicted octanol–water partition coefficient (Wildman–Crippen LogP) is 5.36. The number of carboxylic acid groups (broad SMARTS) is 1. The van der Waals surface area contributed by atoms with Gasteiger partial charge in [-0.25, -0.2) is 31.1 Å². The minimum absolute atomic E-state index is 0.0961. The van der Waals surface area contributed by atoms with Crippen molar-refractivity contribution in [1.82, 2.24) is 44.7 Å². The summed E-state index contributed by atoms with van der Waals surface area (Å²) in [6, 6.07) is 10.2. The van der Waals surface area contributed by atoms with Crippen molar-refractivity contribution < 1.29 is 94.3 Å². The fourth-order valence-electron chi connectivity index (χ4n) is 11.2. The van der Waals surface area contributed by atoms with E-state index >= 15 is 0 Å². The number of methoxy groups -OCH3 is 1. The quantitative estimate of drug-likeness (QED) is 0.00875. The van der Waals surface area contributed by atoms with Crippen LogP contribution in [0.2, 0.25) is 0 Å². The van der Waals surface area contributed by atoms with E-state index in [0.717, 1.165) is 76.9 Å². The zero-order valence-electron chi connectivity index (χ0n) is 60.0. The van der Waals surface area contributed by atoms with Gasteiger partial charge < -0.3 is 80.6 Å². The summed E-state index contributed by atoms with van der Waals surface area (Å²) in [5.41, 5.74) is 8.93. The van der Waals surface area contributed by atoms with Crippen molar-refractivity contribution in [2.24, 2.45) is 0 Å². The van der Waals surface area contributed by atoms with E-state index in [2.05, 4.69) is 78.8 Å². The zero-order valence-corrected chi connectivity index (χ0v) is 62.4. The molecule has 3 aliphatic rings. The SMILES string of the molecule is CCN(CC)CCNC(=O)c1c(C)[nH]c(/C=C2\C(=O)Nc3ccc(O)cc32)c1C.CCN(CC)CCNC(=O)c1c(C)[nH]c(/C=C2\C(=O)Nc3ccc(OC(=O)CCC(=O)O)cc32)c1C.CCN[C@H]1CN(CCCOC)S(=O)(=O)c2sc(S(=O)(=O)NC(=O)[C@H](C)OC(=O)[C@H](C)OC(=O)[C@H](C)O)cc21. The number of hydrogen-bond acceptors (Lipinski definition) is 23. The number of aromatic nitrogens is 2. The summed E-state index contributed by atoms with van der Waals surface area (Å²) in [5.74, 6) is -5.74. The molecule has 5 amide bonds. The van der Waals surface area contributed by atoms with Crippen molar-refractivity contribution >= 4 is 119 Å². The molecule has 11 N–H and O–H groups in total. The molecule has 0 aliphatic carbocycles. The highest BCUT2D eigenvalue weighted by Crippen LogP contribution is 2.41. The molecular weight excluding hydrogens is 1400 g/mol. The lowest BCUT2D eigenvalue weighted by Crippen LogP contribution is -2.43. The Hall–Kier alpha value is -9.13. The van der Waals surface area contributed by atoms with Gasteiger partial charge in [0.1, 0.15) is 26.0 Å². The van der Waals surface area contributed by atoms with Gasteiger partial charge in [-0.05, 0) is 153 Å². The van der Waals surface area contributed by atoms with E-state index < -0.39 is 78.4 Å². The summed E-state index contributed by atoms with van der Waals surface area (Å²) in [6.07, 6.45) is -1.28. The van der Waals surface area contributed by atoms with Gasteiger partial charge in [-0.1, -0.05) is 34.6 Å². The Labute approximate surface area is 602 Å². The van der Waals surface area contributed by atoms with Gasteiger partial charge in [0.2, 0.25) is 0 Å². The molecule has 3 aliphatic heterocycles. The Morgan fingerprint density at radius 1 is 0.738 bits per heavy atom. The molecule has 0 unspecified atom stereocenters. The number of ether oxygens (including phenoxy) is 4. The first kappa shape index (κ1) is 82.8. The number of carbonyl (C=O) groups is 9. The number of aliphatic carboxylic acids is 1. The number of esters is 3. The molecule has 2 aromatic carbocycles. The fraction of sp³-hybridized carbons (Fsp3) is 0.464. The van der Waals surface area contributed by atoms with E-state index in [9.17, 15) is 65.1 Å². The lowest BCUT2D eigenvalue weighted by Gasteiger charge is -2.32. The number of aromatic amines is 2. The van der Waals surface area contributed by atoms with E-state index in [1.54, 1.807) is 41.1 Å². The molecule has 0 fully saturated rings. The molecular formula is C69H93N11O20S3. The number of H-pyrrole nitrogens is 2. The summed E-state index contributed by atoms with van der Waals surface area (Å²) in [4.78, 5) is 120. The largest absolute Gasteiger partial charge is 0.508 e. The van der Waals surface area contributed by atoms with Gasteiger partial charge >= 0.3 is 23.9 Å². The van der Waals surface area contributed by atoms with Crippen LogP contribution in [0, 0.1) is 27.7 Å². The topological polar surface area (TPSA) is 433 Å². The molecule has 562 valence electrons. The number of nitrogens with zero attached hydrogens (tertiary/aromatic N) is 3. The average Bonchev–Trinajstić information content (AvgIpc) is 1.62. The van der Waals surface area contributed by atoms with Crippen molar-refractivity contribution in [3.8, 4) is 11.5 Å². The number of amides is 5. The first-order valence-electron chi connectivity index (χ1n) is 33.5. The first-order chi connectivity index (χ1) is 48.6. The molecule has 0 saturated heterocycles. The first-order valence-corrected chi connectivity index (χ1v) is 37.3. The minimum Gasteiger partial charge on any atom is -0.508 e. The van der Waals surface area contributed by atoms with Crippen LogP contribution >= 0.6 is 11.3 Å². The van der Waals surface area contributed by atoms with Crippen molar-refractivity contribution in [3.05, 3.63) is 104 Å². The van der Waals surface area contributed by atoms with Gasteiger partial charge in [0.15, 0.2) is 12.2 Å². The smallest absolute Gasteiger partial charge is 0.347 e. The molecule has 0 bridgehead atoms. The maximum atomic E-state index is 13.2. The number of aliphatic hydroxyl groups excluding tert-OH is 1. The van der Waals surface area contributed by atoms with Gasteiger partial charge in [-0.3, -0.25) is 33.6 Å². The number of carboxylic acids is 1. The van der Waals surface area contributed by atoms with Crippen LogP contribution in [0.3, 0.4) is 0 Å². The number of likely N-dealkylation sites (N-methyl/N-ethyl adjacent to an activating group) is 3. The third-order valence-electron chi connectivity index (χ3n) is 16.9. The average molecular weight is 1490 g/mol. The number of carbonyl (C=O) groups excluding carboxylic acids is 8. The van der Waals surface area contributed by atoms with E-state index in [1.807, 2.05) is 34.6 Å². The summed E-state index contributed by atoms with van der Waals surface area (Å²) in [6.45, 7) is 28.5. The number of rotatable bonds is 31. The Balaban J connectivity index is 0.000000245. The Kier molecular flexibility index (Phi) is 30.0. The summed E-state index contributed by atoms with van der Waals surface area (Å²) < 4.78 is 74.6. The second kappa shape index (κ2) is 37.3. The predicted molar refractivity (Wildman–Crippen MR) is 385 cm³/mol. The summed E-state index contributed by atoms with van der Waals surface area (Å²) in [5, 5.41) is 42.3. The number of phenols is 1. The van der Waals surface area contributed by atoms with Crippen LogP contribution in [0.1, 0.15) is 152 Å². The molecule has 5 aromatic rings. The van der Waals surface area contributed by atoms with Gasteiger partial charge in [-0.2, -0.15) is 4.31 Å². The number of nitrogens with one attached hydrogen (secondary N) is 8. The van der Waals surface area contributed by atoms with Crippen LogP contribution in [-0.2, 0) is 67.8 Å². The fourth-order valence-corrected chi connectivity index (χ4v) is 16.1. The van der Waals surface area contributed by atoms with Crippen LogP contribution in [0.4, 0.5) is 11.4 Å². The monoisotopic (exact) mass is 1490 g/mol. The number of aliphatic hydroxyl groups is 1. The standard InChI is InChI=1S/C26H32N4O6.C22H28N4O3.C21H33N3O11S3/c1-5-30(6-2)12-11-27-26(35)24-15(3)21(28-16(24)4)14-19-18-13-17(7-8-20(18)29-25(19)34)36-23(33)10-9-22(31)32;1-5-26(6-2)10-9-23-22(29)20-13(3)19(24-14(20)4)12-17-16-11-15(27)7-8-18(16)25-21(17)28;1-6-22-16-11-24(8-7-9-33-5)38(31,32)21-15(16)10-17(36-21)37(29,30)23-18(26)13(3)34-20(28)14(4)35-19(27)12(2)25/h7-8,13-14,28H,5-6,9-12H2,1-4H3,(H,27,35)(H,29,34)(H,31,32);7-8,11-12,24,27H,5-6,9-10H2,1-4H3,(H,23,29)(H,25,28);10,12-14,16,22,25H,6-9,11H2,1-5H3,(H,23,26)/b19-14-;17-12-;/t;;12-,13-,14-,16-/m..0/s1. The van der Waals surface area contributed by atoms with Crippen molar-refractivity contribution in [3.63, 3.8) is 0 Å². The lowest BCUT2D eigenvalue weighted by molar-refractivity contribution is -0.174. The lowest BCUT2D eigenvalue weighted by atomic mass is 10.0. The van der Waals surface area contributed by atoms with Crippen LogP contribution in [-0.4, -0.2) is 214 Å². The van der Waals surface area contributed by atoms with E-state index in [-0.39, 0.29) is 70.8 Å². The van der Waals surface area contributed by atoms with Crippen molar-refractivity contribution in [2.75, 3.05) is 96.3 Å². The van der Waals surface area contributed by atoms with Crippen molar-refractivity contribution in [2.45, 2.75) is 135 Å². The third kappa shape index (κ3) is 21.5. The minimum atomic E-state index is -4.53. The second-order valence-corrected chi connectivity index (χ2v) is 29.2. The van der Waals surface area contributed by atoms with Crippen LogP contribution in [0.15, 0.2) is 50.9 Å². The summed E-state index contributed by atoms with van der Waals surface area (Å²) in [7, 11) is -7.02. The highest BCUT2D eigenvalue weighted by Gasteiger charge is 2.41. The van der Waals surface area contributed by atoms with Gasteiger partial charge in [0.25, 0.3) is 49.6 Å². The molecule has 4 atom stereocenters.